The van der Waals surface area contributed by atoms with Gasteiger partial charge in [-0.15, -0.1) is 0 Å². The molecule has 0 aliphatic heterocycles. The van der Waals surface area contributed by atoms with Crippen LogP contribution in [0.3, 0.4) is 0 Å². The third kappa shape index (κ3) is 53.3. The average molecular weight is 946 g/mol. The van der Waals surface area contributed by atoms with Crippen molar-refractivity contribution in [2.45, 2.75) is 264 Å². The van der Waals surface area contributed by atoms with Gasteiger partial charge < -0.3 is 14.2 Å². The number of allylic oxidation sites excluding steroid dienone is 16. The molecule has 0 aliphatic rings. The van der Waals surface area contributed by atoms with Crippen LogP contribution in [-0.4, -0.2) is 37.2 Å². The van der Waals surface area contributed by atoms with Crippen molar-refractivity contribution in [1.29, 1.82) is 0 Å². The number of rotatable bonds is 50. The molecule has 0 radical (unpaired) electrons. The van der Waals surface area contributed by atoms with Crippen molar-refractivity contribution in [2.24, 2.45) is 0 Å². The number of ether oxygens (including phenoxy) is 3. The summed E-state index contributed by atoms with van der Waals surface area (Å²) in [5.74, 6) is -0.983. The Morgan fingerprint density at radius 2 is 0.588 bits per heavy atom. The molecule has 0 amide bonds. The van der Waals surface area contributed by atoms with Gasteiger partial charge in [0.2, 0.25) is 0 Å². The molecule has 68 heavy (non-hydrogen) atoms. The fraction of sp³-hybridized carbons (Fsp3) is 0.694. The summed E-state index contributed by atoms with van der Waals surface area (Å²) >= 11 is 0. The molecular weight excluding hydrogens is 841 g/mol. The molecule has 6 heteroatoms. The first-order chi connectivity index (χ1) is 33.5. The van der Waals surface area contributed by atoms with Gasteiger partial charge in [0.15, 0.2) is 6.10 Å². The predicted molar refractivity (Wildman–Crippen MR) is 293 cm³/mol. The van der Waals surface area contributed by atoms with Gasteiger partial charge in [0.05, 0.1) is 0 Å². The second-order valence-electron chi connectivity index (χ2n) is 18.5. The lowest BCUT2D eigenvalue weighted by Gasteiger charge is -2.18. The van der Waals surface area contributed by atoms with Crippen molar-refractivity contribution in [2.75, 3.05) is 13.2 Å². The van der Waals surface area contributed by atoms with Crippen LogP contribution in [0.1, 0.15) is 258 Å². The molecule has 0 fully saturated rings. The van der Waals surface area contributed by atoms with Crippen LogP contribution in [0.2, 0.25) is 0 Å². The molecule has 0 saturated heterocycles. The molecule has 0 spiro atoms. The fourth-order valence-electron chi connectivity index (χ4n) is 7.56. The van der Waals surface area contributed by atoms with Gasteiger partial charge in [-0.25, -0.2) is 0 Å². The normalized spacial score (nSPS) is 12.8. The Bertz CT molecular complexity index is 1360. The van der Waals surface area contributed by atoms with Gasteiger partial charge in [0.25, 0.3) is 0 Å². The summed E-state index contributed by atoms with van der Waals surface area (Å²) in [5, 5.41) is 0. The zero-order valence-electron chi connectivity index (χ0n) is 44.3. The number of hydrogen-bond acceptors (Lipinski definition) is 6. The Balaban J connectivity index is 4.50. The fourth-order valence-corrected chi connectivity index (χ4v) is 7.56. The number of esters is 3. The smallest absolute Gasteiger partial charge is 0.306 e. The summed E-state index contributed by atoms with van der Waals surface area (Å²) in [4.78, 5) is 38.1. The molecule has 1 atom stereocenters. The van der Waals surface area contributed by atoms with E-state index in [2.05, 4.69) is 118 Å². The molecule has 0 aliphatic carbocycles. The van der Waals surface area contributed by atoms with Crippen LogP contribution in [0.25, 0.3) is 0 Å². The van der Waals surface area contributed by atoms with Crippen LogP contribution in [0.5, 0.6) is 0 Å². The van der Waals surface area contributed by atoms with Crippen molar-refractivity contribution in [3.8, 4) is 0 Å². The lowest BCUT2D eigenvalue weighted by atomic mass is 10.1. The molecule has 388 valence electrons. The molecule has 0 heterocycles. The van der Waals surface area contributed by atoms with Crippen LogP contribution in [0, 0.1) is 0 Å². The van der Waals surface area contributed by atoms with Crippen molar-refractivity contribution in [1.82, 2.24) is 0 Å². The minimum atomic E-state index is -0.816. The quantitative estimate of drug-likeness (QED) is 0.0262. The predicted octanol–water partition coefficient (Wildman–Crippen LogP) is 18.9. The minimum absolute atomic E-state index is 0.107. The molecule has 0 aromatic heterocycles. The third-order valence-electron chi connectivity index (χ3n) is 11.8. The van der Waals surface area contributed by atoms with E-state index >= 15 is 0 Å². The highest BCUT2D eigenvalue weighted by Crippen LogP contribution is 2.14. The topological polar surface area (TPSA) is 78.9 Å². The molecule has 0 aromatic rings. The molecule has 0 aromatic carbocycles. The van der Waals surface area contributed by atoms with Gasteiger partial charge in [-0.3, -0.25) is 14.4 Å². The Morgan fingerprint density at radius 3 is 0.985 bits per heavy atom. The van der Waals surface area contributed by atoms with Crippen molar-refractivity contribution in [3.63, 3.8) is 0 Å². The van der Waals surface area contributed by atoms with E-state index < -0.39 is 6.10 Å². The van der Waals surface area contributed by atoms with Crippen LogP contribution >= 0.6 is 0 Å². The molecule has 6 nitrogen and oxygen atoms in total. The Hall–Kier alpha value is -3.67. The van der Waals surface area contributed by atoms with Gasteiger partial charge >= 0.3 is 17.9 Å². The van der Waals surface area contributed by atoms with Crippen LogP contribution in [-0.2, 0) is 28.6 Å². The summed E-state index contributed by atoms with van der Waals surface area (Å²) in [7, 11) is 0. The first-order valence-corrected chi connectivity index (χ1v) is 28.2. The molecular formula is C62H104O6. The van der Waals surface area contributed by atoms with Crippen LogP contribution in [0.4, 0.5) is 0 Å². The van der Waals surface area contributed by atoms with E-state index in [0.717, 1.165) is 103 Å². The van der Waals surface area contributed by atoms with E-state index in [1.807, 2.05) is 0 Å². The largest absolute Gasteiger partial charge is 0.462 e. The summed E-state index contributed by atoms with van der Waals surface area (Å²) < 4.78 is 16.8. The summed E-state index contributed by atoms with van der Waals surface area (Å²) in [6, 6.07) is 0. The maximum atomic E-state index is 12.8. The van der Waals surface area contributed by atoms with E-state index in [0.29, 0.717) is 19.3 Å². The van der Waals surface area contributed by atoms with Gasteiger partial charge in [0.1, 0.15) is 13.2 Å². The zero-order chi connectivity index (χ0) is 49.3. The van der Waals surface area contributed by atoms with Gasteiger partial charge in [-0.1, -0.05) is 221 Å². The lowest BCUT2D eigenvalue weighted by Crippen LogP contribution is -2.30. The molecule has 1 unspecified atom stereocenters. The first-order valence-electron chi connectivity index (χ1n) is 28.2. The van der Waals surface area contributed by atoms with Crippen molar-refractivity contribution in [3.05, 3.63) is 97.2 Å². The average Bonchev–Trinajstić information content (AvgIpc) is 3.34. The standard InChI is InChI=1S/C62H104O6/c1-4-7-10-13-16-19-22-25-28-30-32-34-37-40-43-46-49-52-55-61(64)67-58-59(57-66-60(63)54-51-48-45-42-39-36-33-27-24-21-18-15-12-9-6-3)68-62(65)56-53-50-47-44-41-38-35-31-29-26-23-20-17-14-11-8-5-2/h8,11,17-18,20-21,26-30,33,35,38,44,47,59H,4-7,9-10,12-16,19,22-25,31-32,34,36-37,39-43,45-46,48-58H2,1-3H3/b11-8-,20-17-,21-18-,29-26-,30-28-,33-27-,38-35-,47-44-. The number of carbonyl (C=O) groups is 3. The minimum Gasteiger partial charge on any atom is -0.462 e. The highest BCUT2D eigenvalue weighted by atomic mass is 16.6. The summed E-state index contributed by atoms with van der Waals surface area (Å²) in [6.45, 7) is 6.44. The van der Waals surface area contributed by atoms with E-state index in [1.54, 1.807) is 0 Å². The molecule has 0 N–H and O–H groups in total. The monoisotopic (exact) mass is 945 g/mol. The maximum Gasteiger partial charge on any atom is 0.306 e. The van der Waals surface area contributed by atoms with E-state index in [9.17, 15) is 14.4 Å². The molecule has 0 bridgehead atoms. The summed E-state index contributed by atoms with van der Waals surface area (Å²) in [5.41, 5.74) is 0. The van der Waals surface area contributed by atoms with Gasteiger partial charge in [0, 0.05) is 19.3 Å². The highest BCUT2D eigenvalue weighted by molar-refractivity contribution is 5.71. The first kappa shape index (κ1) is 64.3. The van der Waals surface area contributed by atoms with Gasteiger partial charge in [-0.2, -0.15) is 0 Å². The van der Waals surface area contributed by atoms with Crippen LogP contribution < -0.4 is 0 Å². The number of carbonyl (C=O) groups excluding carboxylic acids is 3. The van der Waals surface area contributed by atoms with Crippen molar-refractivity contribution >= 4 is 17.9 Å². The number of unbranched alkanes of at least 4 members (excludes halogenated alkanes) is 23. The second-order valence-corrected chi connectivity index (χ2v) is 18.5. The van der Waals surface area contributed by atoms with Crippen molar-refractivity contribution < 1.29 is 28.6 Å². The molecule has 0 rings (SSSR count). The zero-order valence-corrected chi connectivity index (χ0v) is 44.3. The van der Waals surface area contributed by atoms with E-state index in [4.69, 9.17) is 14.2 Å². The number of hydrogen-bond donors (Lipinski definition) is 0. The third-order valence-corrected chi connectivity index (χ3v) is 11.8. The SMILES string of the molecule is CC/C=C\C/C=C\C/C=C\C/C=C\C/C=C\CCCC(=O)OC(COC(=O)CCCCCCC/C=C\C/C=C\CCCCC)COC(=O)CCCCCCCCC/C=C\CCCCCCCCC. The Labute approximate surface area is 419 Å². The van der Waals surface area contributed by atoms with E-state index in [-0.39, 0.29) is 37.5 Å². The van der Waals surface area contributed by atoms with Gasteiger partial charge in [-0.05, 0) is 116 Å². The highest BCUT2D eigenvalue weighted by Gasteiger charge is 2.19. The maximum absolute atomic E-state index is 12.8. The molecule has 0 saturated carbocycles. The lowest BCUT2D eigenvalue weighted by molar-refractivity contribution is -0.167. The van der Waals surface area contributed by atoms with E-state index in [1.165, 1.54) is 109 Å². The van der Waals surface area contributed by atoms with Crippen LogP contribution in [0.15, 0.2) is 97.2 Å². The summed E-state index contributed by atoms with van der Waals surface area (Å²) in [6.07, 6.45) is 74.0. The Kier molecular flexibility index (Phi) is 52.9. The Morgan fingerprint density at radius 1 is 0.309 bits per heavy atom. The second kappa shape index (κ2) is 55.9.